The molecule has 0 bridgehead atoms. The zero-order valence-electron chi connectivity index (χ0n) is 8.76. The van der Waals surface area contributed by atoms with Crippen molar-refractivity contribution >= 4 is 0 Å². The Hall–Kier alpha value is -0.0800. The van der Waals surface area contributed by atoms with Crippen LogP contribution in [0, 0.1) is 0 Å². The van der Waals surface area contributed by atoms with E-state index in [0.29, 0.717) is 6.04 Å². The van der Waals surface area contributed by atoms with E-state index >= 15 is 0 Å². The lowest BCUT2D eigenvalue weighted by molar-refractivity contribution is 0.119. The second-order valence-electron chi connectivity index (χ2n) is 4.64. The molecule has 2 fully saturated rings. The van der Waals surface area contributed by atoms with Crippen molar-refractivity contribution in [2.24, 2.45) is 0 Å². The van der Waals surface area contributed by atoms with Crippen LogP contribution in [0.15, 0.2) is 0 Å². The molecule has 0 amide bonds. The molecule has 13 heavy (non-hydrogen) atoms. The van der Waals surface area contributed by atoms with Crippen molar-refractivity contribution in [1.29, 1.82) is 0 Å². The minimum Gasteiger partial charge on any atom is -0.312 e. The van der Waals surface area contributed by atoms with Gasteiger partial charge in [-0.15, -0.1) is 0 Å². The van der Waals surface area contributed by atoms with Gasteiger partial charge >= 0.3 is 0 Å². The van der Waals surface area contributed by atoms with Gasteiger partial charge in [0.25, 0.3) is 0 Å². The third-order valence-corrected chi connectivity index (χ3v) is 3.49. The van der Waals surface area contributed by atoms with Crippen LogP contribution in [0.4, 0.5) is 0 Å². The lowest BCUT2D eigenvalue weighted by Crippen LogP contribution is -2.53. The maximum Gasteiger partial charge on any atom is 0.0167 e. The van der Waals surface area contributed by atoms with Crippen molar-refractivity contribution in [1.82, 2.24) is 10.2 Å². The largest absolute Gasteiger partial charge is 0.312 e. The van der Waals surface area contributed by atoms with Crippen LogP contribution in [0.25, 0.3) is 0 Å². The zero-order chi connectivity index (χ0) is 9.10. The molecule has 2 nitrogen and oxygen atoms in total. The van der Waals surface area contributed by atoms with E-state index in [0.717, 1.165) is 6.04 Å². The fraction of sp³-hybridized carbons (Fsp3) is 1.00. The molecule has 1 heterocycles. The quantitative estimate of drug-likeness (QED) is 0.663. The molecule has 2 aliphatic rings. The van der Waals surface area contributed by atoms with Gasteiger partial charge in [0.2, 0.25) is 0 Å². The Labute approximate surface area is 81.7 Å². The predicted molar refractivity (Wildman–Crippen MR) is 55.9 cm³/mol. The highest BCUT2D eigenvalue weighted by Gasteiger charge is 2.24. The number of nitrogens with one attached hydrogen (secondary N) is 1. The summed E-state index contributed by atoms with van der Waals surface area (Å²) in [7, 11) is 0. The van der Waals surface area contributed by atoms with E-state index in [9.17, 15) is 0 Å². The van der Waals surface area contributed by atoms with Crippen LogP contribution in [-0.4, -0.2) is 36.6 Å². The Bertz CT molecular complexity index is 152. The molecular formula is C11H22N2. The molecule has 0 aromatic rings. The summed E-state index contributed by atoms with van der Waals surface area (Å²) in [6.07, 6.45) is 7.30. The Morgan fingerprint density at radius 1 is 1.15 bits per heavy atom. The summed E-state index contributed by atoms with van der Waals surface area (Å²) in [5.74, 6) is 0. The van der Waals surface area contributed by atoms with E-state index in [1.807, 2.05) is 0 Å². The van der Waals surface area contributed by atoms with E-state index < -0.39 is 0 Å². The van der Waals surface area contributed by atoms with Gasteiger partial charge in [-0.3, -0.25) is 4.90 Å². The second kappa shape index (κ2) is 4.43. The number of hydrogen-bond acceptors (Lipinski definition) is 2. The molecule has 0 spiro atoms. The van der Waals surface area contributed by atoms with Crippen LogP contribution in [0.2, 0.25) is 0 Å². The van der Waals surface area contributed by atoms with Crippen LogP contribution in [0.5, 0.6) is 0 Å². The van der Waals surface area contributed by atoms with Crippen LogP contribution in [0.1, 0.15) is 39.0 Å². The number of piperazine rings is 1. The minimum atomic E-state index is 0.704. The van der Waals surface area contributed by atoms with Gasteiger partial charge in [-0.25, -0.2) is 0 Å². The van der Waals surface area contributed by atoms with Gasteiger partial charge in [-0.1, -0.05) is 19.3 Å². The normalized spacial score (nSPS) is 33.5. The van der Waals surface area contributed by atoms with Gasteiger partial charge in [0.1, 0.15) is 0 Å². The fourth-order valence-electron chi connectivity index (χ4n) is 2.74. The summed E-state index contributed by atoms with van der Waals surface area (Å²) in [6.45, 7) is 6.03. The first-order valence-electron chi connectivity index (χ1n) is 5.83. The van der Waals surface area contributed by atoms with Gasteiger partial charge in [0.05, 0.1) is 0 Å². The van der Waals surface area contributed by atoms with Gasteiger partial charge in [0, 0.05) is 31.7 Å². The molecule has 2 heteroatoms. The number of rotatable bonds is 1. The molecule has 0 aromatic carbocycles. The fourth-order valence-corrected chi connectivity index (χ4v) is 2.74. The first-order chi connectivity index (χ1) is 6.36. The SMILES string of the molecule is CC1CN(C2CCCCC2)CCN1. The van der Waals surface area contributed by atoms with E-state index in [-0.39, 0.29) is 0 Å². The summed E-state index contributed by atoms with van der Waals surface area (Å²) in [5.41, 5.74) is 0. The van der Waals surface area contributed by atoms with Crippen LogP contribution in [0.3, 0.4) is 0 Å². The van der Waals surface area contributed by atoms with Crippen molar-refractivity contribution in [2.75, 3.05) is 19.6 Å². The first-order valence-corrected chi connectivity index (χ1v) is 5.83. The molecule has 1 N–H and O–H groups in total. The highest BCUT2D eigenvalue weighted by molar-refractivity contribution is 4.82. The van der Waals surface area contributed by atoms with Crippen molar-refractivity contribution < 1.29 is 0 Å². The molecular weight excluding hydrogens is 160 g/mol. The lowest BCUT2D eigenvalue weighted by atomic mass is 9.93. The van der Waals surface area contributed by atoms with Gasteiger partial charge in [0.15, 0.2) is 0 Å². The summed E-state index contributed by atoms with van der Waals surface area (Å²) >= 11 is 0. The third kappa shape index (κ3) is 2.44. The third-order valence-electron chi connectivity index (χ3n) is 3.49. The minimum absolute atomic E-state index is 0.704. The molecule has 1 unspecified atom stereocenters. The maximum atomic E-state index is 3.51. The van der Waals surface area contributed by atoms with Crippen molar-refractivity contribution in [3.05, 3.63) is 0 Å². The van der Waals surface area contributed by atoms with Crippen molar-refractivity contribution in [2.45, 2.75) is 51.1 Å². The maximum absolute atomic E-state index is 3.51. The molecule has 76 valence electrons. The van der Waals surface area contributed by atoms with Gasteiger partial charge in [-0.05, 0) is 19.8 Å². The summed E-state index contributed by atoms with van der Waals surface area (Å²) < 4.78 is 0. The Morgan fingerprint density at radius 2 is 1.92 bits per heavy atom. The monoisotopic (exact) mass is 182 g/mol. The molecule has 1 atom stereocenters. The predicted octanol–water partition coefficient (Wildman–Crippen LogP) is 1.61. The Morgan fingerprint density at radius 3 is 2.62 bits per heavy atom. The lowest BCUT2D eigenvalue weighted by Gasteiger charge is -2.39. The summed E-state index contributed by atoms with van der Waals surface area (Å²) in [6, 6.07) is 1.62. The van der Waals surface area contributed by atoms with Gasteiger partial charge in [-0.2, -0.15) is 0 Å². The van der Waals surface area contributed by atoms with Crippen LogP contribution in [-0.2, 0) is 0 Å². The molecule has 1 saturated heterocycles. The average Bonchev–Trinajstić information content (AvgIpc) is 2.19. The average molecular weight is 182 g/mol. The highest BCUT2D eigenvalue weighted by atomic mass is 15.2. The first kappa shape index (κ1) is 9.47. The van der Waals surface area contributed by atoms with Crippen LogP contribution < -0.4 is 5.32 Å². The topological polar surface area (TPSA) is 15.3 Å². The van der Waals surface area contributed by atoms with E-state index in [1.165, 1.54) is 51.7 Å². The van der Waals surface area contributed by atoms with E-state index in [2.05, 4.69) is 17.1 Å². The Balaban J connectivity index is 1.83. The van der Waals surface area contributed by atoms with Crippen molar-refractivity contribution in [3.8, 4) is 0 Å². The molecule has 2 rings (SSSR count). The van der Waals surface area contributed by atoms with Crippen LogP contribution >= 0.6 is 0 Å². The Kier molecular flexibility index (Phi) is 3.23. The molecule has 1 aliphatic heterocycles. The molecule has 0 aromatic heterocycles. The summed E-state index contributed by atoms with van der Waals surface area (Å²) in [5, 5.41) is 3.51. The second-order valence-corrected chi connectivity index (χ2v) is 4.64. The van der Waals surface area contributed by atoms with Gasteiger partial charge < -0.3 is 5.32 Å². The smallest absolute Gasteiger partial charge is 0.0167 e. The highest BCUT2D eigenvalue weighted by Crippen LogP contribution is 2.23. The molecule has 1 aliphatic carbocycles. The van der Waals surface area contributed by atoms with Crippen molar-refractivity contribution in [3.63, 3.8) is 0 Å². The summed E-state index contributed by atoms with van der Waals surface area (Å²) in [4.78, 5) is 2.71. The molecule has 1 saturated carbocycles. The zero-order valence-corrected chi connectivity index (χ0v) is 8.76. The number of nitrogens with zero attached hydrogens (tertiary/aromatic N) is 1. The van der Waals surface area contributed by atoms with E-state index in [1.54, 1.807) is 0 Å². The molecule has 0 radical (unpaired) electrons. The number of hydrogen-bond donors (Lipinski definition) is 1. The van der Waals surface area contributed by atoms with E-state index in [4.69, 9.17) is 0 Å². The standard InChI is InChI=1S/C11H22N2/c1-10-9-13(8-7-12-10)11-5-3-2-4-6-11/h10-12H,2-9H2,1H3.